The van der Waals surface area contributed by atoms with Crippen LogP contribution < -0.4 is 20.7 Å². The predicted molar refractivity (Wildman–Crippen MR) is 189 cm³/mol. The normalized spacial score (nSPS) is 19.5. The Bertz CT molecular complexity index is 1860. The molecular formula is C37H45N9O6. The van der Waals surface area contributed by atoms with Crippen LogP contribution in [0.2, 0.25) is 0 Å². The molecule has 2 aromatic carbocycles. The molecule has 4 bridgehead atoms. The molecule has 4 heterocycles. The fourth-order valence-corrected chi connectivity index (χ4v) is 6.27. The van der Waals surface area contributed by atoms with Crippen molar-refractivity contribution in [3.05, 3.63) is 94.6 Å². The molecule has 0 fully saturated rings. The number of ether oxygens (including phenoxy) is 2. The van der Waals surface area contributed by atoms with Gasteiger partial charge in [0.2, 0.25) is 17.7 Å². The van der Waals surface area contributed by atoms with Crippen LogP contribution in [0.4, 0.5) is 0 Å². The molecule has 2 aliphatic rings. The summed E-state index contributed by atoms with van der Waals surface area (Å²) in [7, 11) is 0. The summed E-state index contributed by atoms with van der Waals surface area (Å²) in [6.07, 6.45) is 3.13. The zero-order valence-corrected chi connectivity index (χ0v) is 29.5. The minimum Gasteiger partial charge on any atom is -0.492 e. The lowest BCUT2D eigenvalue weighted by Gasteiger charge is -2.26. The van der Waals surface area contributed by atoms with E-state index in [1.54, 1.807) is 15.6 Å². The van der Waals surface area contributed by atoms with Crippen LogP contribution in [0.15, 0.2) is 60.8 Å². The van der Waals surface area contributed by atoms with Crippen LogP contribution in [0.25, 0.3) is 0 Å². The molecule has 52 heavy (non-hydrogen) atoms. The number of hydrogen-bond acceptors (Lipinski definition) is 9. The van der Waals surface area contributed by atoms with Crippen LogP contribution in [0, 0.1) is 5.92 Å². The van der Waals surface area contributed by atoms with Gasteiger partial charge in [0.05, 0.1) is 31.9 Å². The second-order valence-corrected chi connectivity index (χ2v) is 13.4. The second kappa shape index (κ2) is 17.1. The van der Waals surface area contributed by atoms with E-state index >= 15 is 0 Å². The lowest BCUT2D eigenvalue weighted by molar-refractivity contribution is -0.132. The van der Waals surface area contributed by atoms with E-state index in [-0.39, 0.29) is 50.3 Å². The van der Waals surface area contributed by atoms with Crippen molar-refractivity contribution in [3.8, 4) is 5.75 Å². The molecule has 4 aromatic rings. The van der Waals surface area contributed by atoms with E-state index in [1.807, 2.05) is 68.6 Å². The van der Waals surface area contributed by atoms with Crippen molar-refractivity contribution in [2.75, 3.05) is 32.8 Å². The standard InChI is InChI=1S/C37H45N9O6/c1-24(2)33-36(49)39-31(20-25-7-4-3-5-8-25)35(48)38-13-15-45(37(50)34-29-23-51-17-12-30(29)42-43-34)14-11-27-22-46(44-41-27)16-18-52-28-10-6-9-26(19-28)21-32(47)40-33/h3-10,19,22,24,31,33H,11-18,20-21,23H2,1-2H3,(H,38,48)(H,39,49)(H,40,47)(H,42,43)/t31-,33+/m0/s1. The van der Waals surface area contributed by atoms with Gasteiger partial charge in [-0.05, 0) is 29.2 Å². The number of aromatic nitrogens is 5. The maximum atomic E-state index is 13.9. The number of nitrogens with one attached hydrogen (secondary N) is 4. The average molecular weight is 712 g/mol. The molecular weight excluding hydrogens is 666 g/mol. The summed E-state index contributed by atoms with van der Waals surface area (Å²) in [5, 5.41) is 24.6. The van der Waals surface area contributed by atoms with E-state index in [2.05, 4.69) is 36.5 Å². The molecule has 2 aromatic heterocycles. The van der Waals surface area contributed by atoms with Gasteiger partial charge in [-0.1, -0.05) is 61.5 Å². The van der Waals surface area contributed by atoms with Gasteiger partial charge in [0.25, 0.3) is 5.91 Å². The third-order valence-corrected chi connectivity index (χ3v) is 9.12. The first-order chi connectivity index (χ1) is 25.2. The van der Waals surface area contributed by atoms with Gasteiger partial charge < -0.3 is 30.3 Å². The Labute approximate surface area is 301 Å². The Kier molecular flexibility index (Phi) is 11.9. The van der Waals surface area contributed by atoms with Crippen molar-refractivity contribution in [1.29, 1.82) is 0 Å². The molecule has 2 aliphatic heterocycles. The molecule has 15 nitrogen and oxygen atoms in total. The van der Waals surface area contributed by atoms with Crippen molar-refractivity contribution in [1.82, 2.24) is 46.0 Å². The first-order valence-electron chi connectivity index (χ1n) is 17.7. The van der Waals surface area contributed by atoms with Gasteiger partial charge in [-0.2, -0.15) is 5.10 Å². The number of carbonyl (C=O) groups is 4. The number of aromatic amines is 1. The smallest absolute Gasteiger partial charge is 0.274 e. The van der Waals surface area contributed by atoms with E-state index in [1.165, 1.54) is 0 Å². The quantitative estimate of drug-likeness (QED) is 0.243. The summed E-state index contributed by atoms with van der Waals surface area (Å²) in [6.45, 7) is 5.84. The summed E-state index contributed by atoms with van der Waals surface area (Å²) in [6, 6.07) is 14.8. The molecule has 0 saturated carbocycles. The Morgan fingerprint density at radius 1 is 0.962 bits per heavy atom. The molecule has 6 rings (SSSR count). The van der Waals surface area contributed by atoms with Gasteiger partial charge in [-0.25, -0.2) is 4.68 Å². The topological polar surface area (TPSA) is 185 Å². The lowest BCUT2D eigenvalue weighted by Crippen LogP contribution is -2.56. The zero-order chi connectivity index (χ0) is 36.5. The number of benzene rings is 2. The Morgan fingerprint density at radius 2 is 1.81 bits per heavy atom. The maximum absolute atomic E-state index is 13.9. The number of nitrogens with zero attached hydrogens (tertiary/aromatic N) is 5. The molecule has 4 N–H and O–H groups in total. The zero-order valence-electron chi connectivity index (χ0n) is 29.5. The molecule has 15 heteroatoms. The average Bonchev–Trinajstić information content (AvgIpc) is 3.78. The van der Waals surface area contributed by atoms with Crippen LogP contribution in [-0.2, 0) is 58.0 Å². The minimum absolute atomic E-state index is 0.0391. The van der Waals surface area contributed by atoms with Crippen molar-refractivity contribution in [3.63, 3.8) is 0 Å². The van der Waals surface area contributed by atoms with Crippen LogP contribution in [0.3, 0.4) is 0 Å². The van der Waals surface area contributed by atoms with E-state index in [0.717, 1.165) is 22.4 Å². The molecule has 4 amide bonds. The number of amides is 4. The molecule has 2 atom stereocenters. The first-order valence-corrected chi connectivity index (χ1v) is 17.7. The highest BCUT2D eigenvalue weighted by atomic mass is 16.5. The third-order valence-electron chi connectivity index (χ3n) is 9.12. The summed E-state index contributed by atoms with van der Waals surface area (Å²) < 4.78 is 13.3. The van der Waals surface area contributed by atoms with Crippen LogP contribution in [-0.4, -0.2) is 98.7 Å². The van der Waals surface area contributed by atoms with Crippen LogP contribution in [0.5, 0.6) is 5.75 Å². The summed E-state index contributed by atoms with van der Waals surface area (Å²) in [4.78, 5) is 56.3. The fraction of sp³-hybridized carbons (Fsp3) is 0.432. The Morgan fingerprint density at radius 3 is 2.63 bits per heavy atom. The SMILES string of the molecule is CC(C)[C@H]1NC(=O)Cc2cccc(c2)OCCn2cc(nn2)CCN(C(=O)c2n[nH]c3c2COCC3)CCNC(=O)[C@H](Cc2ccccc2)NC1=O. The number of hydrogen-bond donors (Lipinski definition) is 4. The fourth-order valence-electron chi connectivity index (χ4n) is 6.27. The molecule has 0 unspecified atom stereocenters. The van der Waals surface area contributed by atoms with Gasteiger partial charge in [0.1, 0.15) is 24.4 Å². The number of rotatable bonds is 4. The molecule has 0 saturated heterocycles. The highest BCUT2D eigenvalue weighted by Crippen LogP contribution is 2.20. The lowest BCUT2D eigenvalue weighted by atomic mass is 10.0. The molecule has 274 valence electrons. The van der Waals surface area contributed by atoms with Crippen molar-refractivity contribution < 1.29 is 28.7 Å². The monoisotopic (exact) mass is 711 g/mol. The largest absolute Gasteiger partial charge is 0.492 e. The molecule has 0 aliphatic carbocycles. The molecule has 0 spiro atoms. The second-order valence-electron chi connectivity index (χ2n) is 13.4. The summed E-state index contributed by atoms with van der Waals surface area (Å²) in [5.41, 5.74) is 4.17. The third kappa shape index (κ3) is 9.40. The Hall–Kier alpha value is -5.57. The summed E-state index contributed by atoms with van der Waals surface area (Å²) >= 11 is 0. The van der Waals surface area contributed by atoms with E-state index < -0.39 is 23.9 Å². The van der Waals surface area contributed by atoms with Crippen molar-refractivity contribution in [2.45, 2.75) is 64.8 Å². The number of fused-ring (bicyclic) bond motifs is 5. The van der Waals surface area contributed by atoms with E-state index in [4.69, 9.17) is 9.47 Å². The highest BCUT2D eigenvalue weighted by molar-refractivity contribution is 5.94. The maximum Gasteiger partial charge on any atom is 0.274 e. The highest BCUT2D eigenvalue weighted by Gasteiger charge is 2.30. The predicted octanol–water partition coefficient (Wildman–Crippen LogP) is 1.38. The minimum atomic E-state index is -0.946. The molecule has 0 radical (unpaired) electrons. The van der Waals surface area contributed by atoms with Gasteiger partial charge >= 0.3 is 0 Å². The summed E-state index contributed by atoms with van der Waals surface area (Å²) in [5.74, 6) is -1.18. The number of H-pyrrole nitrogens is 1. The van der Waals surface area contributed by atoms with Gasteiger partial charge in [0.15, 0.2) is 5.69 Å². The van der Waals surface area contributed by atoms with Crippen molar-refractivity contribution >= 4 is 23.6 Å². The number of carbonyl (C=O) groups excluding carboxylic acids is 4. The van der Waals surface area contributed by atoms with Crippen LogP contribution in [0.1, 0.15) is 52.4 Å². The van der Waals surface area contributed by atoms with E-state index in [0.29, 0.717) is 56.3 Å². The Balaban J connectivity index is 1.25. The van der Waals surface area contributed by atoms with E-state index in [9.17, 15) is 19.2 Å². The van der Waals surface area contributed by atoms with Crippen molar-refractivity contribution in [2.24, 2.45) is 5.92 Å². The van der Waals surface area contributed by atoms with Gasteiger partial charge in [-0.15, -0.1) is 5.10 Å². The van der Waals surface area contributed by atoms with Gasteiger partial charge in [0, 0.05) is 56.4 Å². The first kappa shape index (κ1) is 36.2. The van der Waals surface area contributed by atoms with Gasteiger partial charge in [-0.3, -0.25) is 24.3 Å². The van der Waals surface area contributed by atoms with Crippen LogP contribution >= 0.6 is 0 Å².